The van der Waals surface area contributed by atoms with Crippen LogP contribution in [0.4, 0.5) is 18.9 Å². The number of carbonyl (C=O) groups is 2. The number of hydrogen-bond acceptors (Lipinski definition) is 6. The Morgan fingerprint density at radius 3 is 2.33 bits per heavy atom. The third-order valence-corrected chi connectivity index (χ3v) is 5.78. The number of carbonyl (C=O) groups excluding carboxylic acids is 2. The van der Waals surface area contributed by atoms with Gasteiger partial charge in [0.1, 0.15) is 17.6 Å². The highest BCUT2D eigenvalue weighted by Gasteiger charge is 2.48. The van der Waals surface area contributed by atoms with Gasteiger partial charge in [-0.3, -0.25) is 19.5 Å². The second-order valence-corrected chi connectivity index (χ2v) is 8.26. The van der Waals surface area contributed by atoms with Crippen LogP contribution in [-0.4, -0.2) is 35.3 Å². The molecule has 0 aliphatic carbocycles. The number of aliphatic hydroxyl groups excluding tert-OH is 1. The molecule has 1 saturated heterocycles. The molecule has 2 aromatic carbocycles. The molecule has 186 valence electrons. The predicted octanol–water partition coefficient (Wildman–Crippen LogP) is 5.92. The Morgan fingerprint density at radius 2 is 1.75 bits per heavy atom. The molecule has 2 heterocycles. The van der Waals surface area contributed by atoms with Crippen molar-refractivity contribution in [3.8, 4) is 11.5 Å². The molecule has 12 heteroatoms. The maximum Gasteiger partial charge on any atom is 0.573 e. The first-order valence-corrected chi connectivity index (χ1v) is 10.9. The van der Waals surface area contributed by atoms with Crippen molar-refractivity contribution < 1.29 is 37.3 Å². The summed E-state index contributed by atoms with van der Waals surface area (Å²) in [6.45, 7) is 0. The second-order valence-electron chi connectivity index (χ2n) is 7.44. The lowest BCUT2D eigenvalue weighted by Crippen LogP contribution is -2.30. The van der Waals surface area contributed by atoms with Crippen LogP contribution in [0.2, 0.25) is 10.0 Å². The second kappa shape index (κ2) is 9.71. The first-order valence-electron chi connectivity index (χ1n) is 10.1. The molecule has 0 radical (unpaired) electrons. The van der Waals surface area contributed by atoms with Crippen LogP contribution < -0.4 is 14.4 Å². The monoisotopic (exact) mass is 538 g/mol. The summed E-state index contributed by atoms with van der Waals surface area (Å²) in [5, 5.41) is 11.2. The number of anilines is 1. The molecule has 1 amide bonds. The molecule has 1 unspecified atom stereocenters. The van der Waals surface area contributed by atoms with Crippen LogP contribution in [0, 0.1) is 0 Å². The van der Waals surface area contributed by atoms with Crippen molar-refractivity contribution >= 4 is 46.3 Å². The van der Waals surface area contributed by atoms with E-state index < -0.39 is 35.6 Å². The number of alkyl halides is 3. The highest BCUT2D eigenvalue weighted by Crippen LogP contribution is 2.44. The summed E-state index contributed by atoms with van der Waals surface area (Å²) in [7, 11) is 1.34. The van der Waals surface area contributed by atoms with Gasteiger partial charge in [-0.05, 0) is 36.4 Å². The predicted molar refractivity (Wildman–Crippen MR) is 125 cm³/mol. The van der Waals surface area contributed by atoms with Gasteiger partial charge in [0.05, 0.1) is 28.4 Å². The van der Waals surface area contributed by atoms with Gasteiger partial charge in [0.2, 0.25) is 0 Å². The minimum atomic E-state index is -4.97. The Hall–Kier alpha value is -3.76. The quantitative estimate of drug-likeness (QED) is 0.246. The standard InChI is InChI=1S/C24H15Cl2F3N2O5/c1-35-22-15(25)9-12(10-16(22)26)20(32)18-19(17-7-2-3-8-30-17)31(23(34)21(18)33)13-5-4-6-14(11-13)36-24(27,28)29/h2-11,19,32H,1H3/b20-18+. The maximum absolute atomic E-state index is 13.2. The van der Waals surface area contributed by atoms with Crippen molar-refractivity contribution in [2.75, 3.05) is 12.0 Å². The lowest BCUT2D eigenvalue weighted by atomic mass is 9.98. The molecule has 1 aromatic heterocycles. The van der Waals surface area contributed by atoms with Crippen LogP contribution in [0.25, 0.3) is 5.76 Å². The first kappa shape index (κ1) is 25.3. The molecule has 7 nitrogen and oxygen atoms in total. The minimum Gasteiger partial charge on any atom is -0.507 e. The van der Waals surface area contributed by atoms with Gasteiger partial charge < -0.3 is 14.6 Å². The largest absolute Gasteiger partial charge is 0.573 e. The fourth-order valence-corrected chi connectivity index (χ4v) is 4.44. The Labute approximate surface area is 212 Å². The van der Waals surface area contributed by atoms with Gasteiger partial charge in [0, 0.05) is 23.5 Å². The minimum absolute atomic E-state index is 0.0129. The molecular weight excluding hydrogens is 524 g/mol. The lowest BCUT2D eigenvalue weighted by molar-refractivity contribution is -0.274. The first-order chi connectivity index (χ1) is 17.0. The van der Waals surface area contributed by atoms with E-state index in [2.05, 4.69) is 9.72 Å². The van der Waals surface area contributed by atoms with Gasteiger partial charge in [0.15, 0.2) is 5.75 Å². The van der Waals surface area contributed by atoms with Gasteiger partial charge in [-0.25, -0.2) is 0 Å². The zero-order chi connectivity index (χ0) is 26.2. The smallest absolute Gasteiger partial charge is 0.507 e. The number of ether oxygens (including phenoxy) is 2. The Bertz CT molecular complexity index is 1360. The van der Waals surface area contributed by atoms with Crippen molar-refractivity contribution in [1.82, 2.24) is 4.98 Å². The summed E-state index contributed by atoms with van der Waals surface area (Å²) in [5.74, 6) is -3.26. The van der Waals surface area contributed by atoms with Crippen molar-refractivity contribution in [1.29, 1.82) is 0 Å². The topological polar surface area (TPSA) is 89.0 Å². The van der Waals surface area contributed by atoms with Gasteiger partial charge in [-0.2, -0.15) is 0 Å². The molecule has 0 bridgehead atoms. The SMILES string of the molecule is COc1c(Cl)cc(/C(O)=C2\C(=O)C(=O)N(c3cccc(OC(F)(F)F)c3)C2c2ccccn2)cc1Cl. The molecular formula is C24H15Cl2F3N2O5. The number of hydrogen-bond donors (Lipinski definition) is 1. The zero-order valence-electron chi connectivity index (χ0n) is 18.2. The molecule has 0 spiro atoms. The number of halogens is 5. The fourth-order valence-electron chi connectivity index (χ4n) is 3.79. The van der Waals surface area contributed by atoms with Crippen molar-refractivity contribution in [2.45, 2.75) is 12.4 Å². The summed E-state index contributed by atoms with van der Waals surface area (Å²) in [4.78, 5) is 31.4. The van der Waals surface area contributed by atoms with Crippen molar-refractivity contribution in [3.05, 3.63) is 87.7 Å². The zero-order valence-corrected chi connectivity index (χ0v) is 19.7. The van der Waals surface area contributed by atoms with E-state index in [0.29, 0.717) is 0 Å². The highest BCUT2D eigenvalue weighted by molar-refractivity contribution is 6.51. The van der Waals surface area contributed by atoms with Crippen molar-refractivity contribution in [3.63, 3.8) is 0 Å². The highest BCUT2D eigenvalue weighted by atomic mass is 35.5. The molecule has 1 atom stereocenters. The summed E-state index contributed by atoms with van der Waals surface area (Å²) < 4.78 is 47.4. The number of aliphatic hydroxyl groups is 1. The lowest BCUT2D eigenvalue weighted by Gasteiger charge is -2.25. The number of rotatable bonds is 5. The average Bonchev–Trinajstić information content (AvgIpc) is 3.08. The normalized spacial score (nSPS) is 17.4. The van der Waals surface area contributed by atoms with E-state index in [0.717, 1.165) is 17.0 Å². The average molecular weight is 539 g/mol. The van der Waals surface area contributed by atoms with Gasteiger partial charge in [0.25, 0.3) is 11.7 Å². The number of methoxy groups -OCH3 is 1. The van der Waals surface area contributed by atoms with Gasteiger partial charge in [-0.15, -0.1) is 13.2 Å². The number of nitrogens with zero attached hydrogens (tertiary/aromatic N) is 2. The van der Waals surface area contributed by atoms with E-state index in [4.69, 9.17) is 27.9 Å². The number of aromatic nitrogens is 1. The van der Waals surface area contributed by atoms with Crippen molar-refractivity contribution in [2.24, 2.45) is 0 Å². The van der Waals surface area contributed by atoms with Crippen LogP contribution in [0.5, 0.6) is 11.5 Å². The summed E-state index contributed by atoms with van der Waals surface area (Å²) in [5.41, 5.74) is -0.262. The van der Waals surface area contributed by atoms with Gasteiger partial charge in [-0.1, -0.05) is 35.3 Å². The number of amides is 1. The summed E-state index contributed by atoms with van der Waals surface area (Å²) in [6, 6.07) is 10.5. The molecule has 1 aliphatic rings. The van der Waals surface area contributed by atoms with Crippen LogP contribution in [0.15, 0.2) is 66.4 Å². The number of ketones is 1. The molecule has 4 rings (SSSR count). The Kier molecular flexibility index (Phi) is 6.83. The van der Waals surface area contributed by atoms with E-state index in [-0.39, 0.29) is 38.3 Å². The Morgan fingerprint density at radius 1 is 1.06 bits per heavy atom. The number of pyridine rings is 1. The van der Waals surface area contributed by atoms with Crippen LogP contribution in [0.3, 0.4) is 0 Å². The molecule has 36 heavy (non-hydrogen) atoms. The summed E-state index contributed by atoms with van der Waals surface area (Å²) >= 11 is 12.4. The molecule has 1 N–H and O–H groups in total. The third kappa shape index (κ3) is 4.82. The van der Waals surface area contributed by atoms with E-state index in [1.54, 1.807) is 12.1 Å². The third-order valence-electron chi connectivity index (χ3n) is 5.22. The summed E-state index contributed by atoms with van der Waals surface area (Å²) in [6.07, 6.45) is -3.57. The molecule has 3 aromatic rings. The fraction of sp³-hybridized carbons (Fsp3) is 0.125. The van der Waals surface area contributed by atoms with E-state index >= 15 is 0 Å². The Balaban J connectivity index is 1.91. The molecule has 1 aliphatic heterocycles. The molecule has 0 saturated carbocycles. The van der Waals surface area contributed by atoms with Crippen LogP contribution >= 0.6 is 23.2 Å². The van der Waals surface area contributed by atoms with E-state index in [1.807, 2.05) is 0 Å². The van der Waals surface area contributed by atoms with Crippen LogP contribution in [0.1, 0.15) is 17.3 Å². The molecule has 1 fully saturated rings. The van der Waals surface area contributed by atoms with E-state index in [9.17, 15) is 27.9 Å². The van der Waals surface area contributed by atoms with Crippen LogP contribution in [-0.2, 0) is 9.59 Å². The van der Waals surface area contributed by atoms with E-state index in [1.165, 1.54) is 43.6 Å². The maximum atomic E-state index is 13.2. The number of benzene rings is 2. The van der Waals surface area contributed by atoms with Gasteiger partial charge >= 0.3 is 6.36 Å². The number of Topliss-reactive ketones (excluding diaryl/α,β-unsaturated/α-hetero) is 1.